The fraction of sp³-hybridized carbons (Fsp3) is 0.304. The van der Waals surface area contributed by atoms with Crippen LogP contribution in [-0.4, -0.2) is 27.8 Å². The number of nitrogens with zero attached hydrogens (tertiary/aromatic N) is 1. The first-order valence-electron chi connectivity index (χ1n) is 9.74. The molecule has 1 atom stereocenters. The zero-order valence-corrected chi connectivity index (χ0v) is 17.9. The summed E-state index contributed by atoms with van der Waals surface area (Å²) in [4.78, 5) is 24.7. The highest BCUT2D eigenvalue weighted by Crippen LogP contribution is 2.32. The standard InChI is InChI=1S/C23H22F3NO5/c1-12(23(2,3)4)32-21(28)18-8-14-7-16(25)10-19(20(14)27(18)22(29)30)31-11-13-5-6-15(24)9-17(13)26/h5-10,12H,11H2,1-4H3,(H,29,30). The second kappa shape index (κ2) is 8.57. The van der Waals surface area contributed by atoms with Gasteiger partial charge in [0.2, 0.25) is 0 Å². The van der Waals surface area contributed by atoms with Crippen molar-refractivity contribution in [2.75, 3.05) is 0 Å². The molecule has 1 aromatic heterocycles. The van der Waals surface area contributed by atoms with E-state index in [1.807, 2.05) is 20.8 Å². The van der Waals surface area contributed by atoms with Gasteiger partial charge in [0.1, 0.15) is 47.1 Å². The molecule has 0 aliphatic carbocycles. The van der Waals surface area contributed by atoms with Crippen molar-refractivity contribution < 1.29 is 37.3 Å². The van der Waals surface area contributed by atoms with Crippen molar-refractivity contribution in [1.82, 2.24) is 4.57 Å². The van der Waals surface area contributed by atoms with E-state index in [-0.39, 0.29) is 27.9 Å². The van der Waals surface area contributed by atoms with E-state index >= 15 is 0 Å². The van der Waals surface area contributed by atoms with Crippen LogP contribution in [-0.2, 0) is 11.3 Å². The molecule has 3 aromatic rings. The Bertz CT molecular complexity index is 1200. The molecule has 0 saturated carbocycles. The Morgan fingerprint density at radius 2 is 1.75 bits per heavy atom. The van der Waals surface area contributed by atoms with Crippen LogP contribution < -0.4 is 4.74 Å². The molecule has 1 N–H and O–H groups in total. The van der Waals surface area contributed by atoms with Crippen LogP contribution in [0.3, 0.4) is 0 Å². The maximum absolute atomic E-state index is 14.2. The third-order valence-corrected chi connectivity index (χ3v) is 5.13. The SMILES string of the molecule is CC(OC(=O)c1cc2cc(F)cc(OCc3ccc(F)cc3F)c2n1C(=O)O)C(C)(C)C. The van der Waals surface area contributed by atoms with Gasteiger partial charge in [-0.05, 0) is 36.6 Å². The maximum atomic E-state index is 14.2. The number of hydrogen-bond acceptors (Lipinski definition) is 4. The van der Waals surface area contributed by atoms with Crippen LogP contribution in [0.15, 0.2) is 36.4 Å². The van der Waals surface area contributed by atoms with Gasteiger partial charge < -0.3 is 14.6 Å². The lowest BCUT2D eigenvalue weighted by atomic mass is 9.90. The Balaban J connectivity index is 2.04. The summed E-state index contributed by atoms with van der Waals surface area (Å²) >= 11 is 0. The third-order valence-electron chi connectivity index (χ3n) is 5.13. The van der Waals surface area contributed by atoms with Crippen LogP contribution in [0.4, 0.5) is 18.0 Å². The first kappa shape index (κ1) is 23.2. The lowest BCUT2D eigenvalue weighted by Crippen LogP contribution is -2.30. The number of aromatic nitrogens is 1. The summed E-state index contributed by atoms with van der Waals surface area (Å²) in [6.45, 7) is 6.82. The minimum absolute atomic E-state index is 0.0177. The molecule has 0 amide bonds. The molecule has 0 fully saturated rings. The number of fused-ring (bicyclic) bond motifs is 1. The van der Waals surface area contributed by atoms with Crippen LogP contribution in [0.2, 0.25) is 0 Å². The number of esters is 1. The van der Waals surface area contributed by atoms with Crippen LogP contribution in [0.25, 0.3) is 10.9 Å². The lowest BCUT2D eigenvalue weighted by Gasteiger charge is -2.26. The number of hydrogen-bond donors (Lipinski definition) is 1. The quantitative estimate of drug-likeness (QED) is 0.502. The smallest absolute Gasteiger partial charge is 0.416 e. The fourth-order valence-electron chi connectivity index (χ4n) is 2.93. The molecule has 0 radical (unpaired) electrons. The predicted octanol–water partition coefficient (Wildman–Crippen LogP) is 5.76. The van der Waals surface area contributed by atoms with Gasteiger partial charge in [0.25, 0.3) is 0 Å². The first-order valence-corrected chi connectivity index (χ1v) is 9.74. The molecule has 2 aromatic carbocycles. The average Bonchev–Trinajstić information content (AvgIpc) is 3.06. The van der Waals surface area contributed by atoms with E-state index in [9.17, 15) is 27.9 Å². The summed E-state index contributed by atoms with van der Waals surface area (Å²) in [7, 11) is 0. The summed E-state index contributed by atoms with van der Waals surface area (Å²) in [5.41, 5.74) is -0.838. The highest BCUT2D eigenvalue weighted by Gasteiger charge is 2.29. The largest absolute Gasteiger partial charge is 0.486 e. The van der Waals surface area contributed by atoms with Crippen molar-refractivity contribution in [3.05, 3.63) is 65.1 Å². The summed E-state index contributed by atoms with van der Waals surface area (Å²) in [5.74, 6) is -3.52. The number of carbonyl (C=O) groups is 2. The molecular weight excluding hydrogens is 427 g/mol. The van der Waals surface area contributed by atoms with Crippen molar-refractivity contribution in [1.29, 1.82) is 0 Å². The second-order valence-corrected chi connectivity index (χ2v) is 8.43. The summed E-state index contributed by atoms with van der Waals surface area (Å²) in [6, 6.07) is 6.03. The van der Waals surface area contributed by atoms with Gasteiger partial charge in [0, 0.05) is 23.1 Å². The van der Waals surface area contributed by atoms with Crippen LogP contribution in [0.1, 0.15) is 43.7 Å². The molecule has 3 rings (SSSR count). The number of benzene rings is 2. The van der Waals surface area contributed by atoms with Gasteiger partial charge in [0.05, 0.1) is 0 Å². The van der Waals surface area contributed by atoms with Gasteiger partial charge in [-0.25, -0.2) is 27.3 Å². The predicted molar refractivity (Wildman–Crippen MR) is 110 cm³/mol. The Morgan fingerprint density at radius 1 is 1.06 bits per heavy atom. The third kappa shape index (κ3) is 4.71. The van der Waals surface area contributed by atoms with Crippen LogP contribution in [0.5, 0.6) is 5.75 Å². The minimum Gasteiger partial charge on any atom is -0.486 e. The summed E-state index contributed by atoms with van der Waals surface area (Å²) in [6.07, 6.45) is -2.05. The molecule has 1 unspecified atom stereocenters. The van der Waals surface area contributed by atoms with Gasteiger partial charge in [-0.3, -0.25) is 0 Å². The van der Waals surface area contributed by atoms with Gasteiger partial charge in [-0.15, -0.1) is 0 Å². The highest BCUT2D eigenvalue weighted by molar-refractivity contribution is 6.03. The van der Waals surface area contributed by atoms with Gasteiger partial charge in [-0.2, -0.15) is 0 Å². The first-order chi connectivity index (χ1) is 14.9. The maximum Gasteiger partial charge on any atom is 0.416 e. The Kier molecular flexibility index (Phi) is 6.20. The van der Waals surface area contributed by atoms with Gasteiger partial charge in [-0.1, -0.05) is 20.8 Å². The number of carboxylic acid groups (broad SMARTS) is 1. The fourth-order valence-corrected chi connectivity index (χ4v) is 2.93. The van der Waals surface area contributed by atoms with E-state index in [4.69, 9.17) is 9.47 Å². The second-order valence-electron chi connectivity index (χ2n) is 8.43. The normalized spacial score (nSPS) is 12.6. The Hall–Kier alpha value is -3.49. The molecule has 6 nitrogen and oxygen atoms in total. The van der Waals surface area contributed by atoms with Gasteiger partial charge >= 0.3 is 12.1 Å². The monoisotopic (exact) mass is 449 g/mol. The van der Waals surface area contributed by atoms with Crippen molar-refractivity contribution >= 4 is 23.0 Å². The number of halogens is 3. The minimum atomic E-state index is -1.51. The molecule has 1 heterocycles. The highest BCUT2D eigenvalue weighted by atomic mass is 19.1. The molecule has 0 aliphatic rings. The zero-order chi connectivity index (χ0) is 23.8. The van der Waals surface area contributed by atoms with E-state index in [0.717, 1.165) is 24.3 Å². The summed E-state index contributed by atoms with van der Waals surface area (Å²) in [5, 5.41) is 9.83. The topological polar surface area (TPSA) is 77.8 Å². The molecular formula is C23H22F3NO5. The van der Waals surface area contributed by atoms with E-state index in [1.165, 1.54) is 6.07 Å². The van der Waals surface area contributed by atoms with E-state index in [2.05, 4.69) is 0 Å². The molecule has 0 spiro atoms. The molecule has 32 heavy (non-hydrogen) atoms. The van der Waals surface area contributed by atoms with E-state index in [1.54, 1.807) is 6.92 Å². The zero-order valence-electron chi connectivity index (χ0n) is 17.9. The van der Waals surface area contributed by atoms with Crippen molar-refractivity contribution in [3.63, 3.8) is 0 Å². The molecule has 9 heteroatoms. The average molecular weight is 449 g/mol. The Morgan fingerprint density at radius 3 is 2.34 bits per heavy atom. The molecule has 0 bridgehead atoms. The Labute approximate surface area is 182 Å². The van der Waals surface area contributed by atoms with Crippen LogP contribution >= 0.6 is 0 Å². The lowest BCUT2D eigenvalue weighted by molar-refractivity contribution is 0.00382. The molecule has 0 aliphatic heterocycles. The van der Waals surface area contributed by atoms with Crippen LogP contribution in [0, 0.1) is 22.9 Å². The van der Waals surface area contributed by atoms with Crippen molar-refractivity contribution in [3.8, 4) is 5.75 Å². The van der Waals surface area contributed by atoms with E-state index < -0.39 is 47.6 Å². The number of rotatable bonds is 5. The summed E-state index contributed by atoms with van der Waals surface area (Å²) < 4.78 is 52.8. The number of carbonyl (C=O) groups excluding carboxylic acids is 1. The van der Waals surface area contributed by atoms with E-state index in [0.29, 0.717) is 10.6 Å². The number of ether oxygens (including phenoxy) is 2. The molecule has 0 saturated heterocycles. The van der Waals surface area contributed by atoms with Crippen molar-refractivity contribution in [2.45, 2.75) is 40.4 Å². The van der Waals surface area contributed by atoms with Gasteiger partial charge in [0.15, 0.2) is 0 Å². The molecule has 170 valence electrons. The van der Waals surface area contributed by atoms with Crippen molar-refractivity contribution in [2.24, 2.45) is 5.41 Å².